The lowest BCUT2D eigenvalue weighted by atomic mass is 9.61. The second-order valence-electron chi connectivity index (χ2n) is 8.75. The van der Waals surface area contributed by atoms with E-state index in [9.17, 15) is 0 Å². The van der Waals surface area contributed by atoms with Gasteiger partial charge in [0.05, 0.1) is 6.10 Å². The largest absolute Gasteiger partial charge is 0.378 e. The van der Waals surface area contributed by atoms with E-state index in [-0.39, 0.29) is 16.9 Å². The SMILES string of the molecule is CCOC1CC(C)(C)c2cc(C(C)=Cc3ccccc3)ccc2C1(C)C. The van der Waals surface area contributed by atoms with Gasteiger partial charge in [-0.15, -0.1) is 0 Å². The molecule has 1 atom stereocenters. The van der Waals surface area contributed by atoms with Crippen LogP contribution in [0.4, 0.5) is 0 Å². The van der Waals surface area contributed by atoms with Crippen molar-refractivity contribution in [1.29, 1.82) is 0 Å². The van der Waals surface area contributed by atoms with E-state index in [1.807, 2.05) is 0 Å². The molecule has 1 aliphatic rings. The third kappa shape index (κ3) is 3.50. The zero-order valence-corrected chi connectivity index (χ0v) is 17.1. The van der Waals surface area contributed by atoms with Gasteiger partial charge >= 0.3 is 0 Å². The van der Waals surface area contributed by atoms with Crippen molar-refractivity contribution >= 4 is 11.6 Å². The molecule has 3 rings (SSSR count). The van der Waals surface area contributed by atoms with Crippen LogP contribution in [0.2, 0.25) is 0 Å². The summed E-state index contributed by atoms with van der Waals surface area (Å²) in [7, 11) is 0. The van der Waals surface area contributed by atoms with Crippen molar-refractivity contribution < 1.29 is 4.74 Å². The molecule has 26 heavy (non-hydrogen) atoms. The molecular formula is C25H32O. The topological polar surface area (TPSA) is 9.23 Å². The van der Waals surface area contributed by atoms with E-state index in [1.54, 1.807) is 0 Å². The van der Waals surface area contributed by atoms with Gasteiger partial charge in [0.1, 0.15) is 0 Å². The van der Waals surface area contributed by atoms with E-state index >= 15 is 0 Å². The Morgan fingerprint density at radius 2 is 1.73 bits per heavy atom. The summed E-state index contributed by atoms with van der Waals surface area (Å²) in [5.74, 6) is 0. The first-order chi connectivity index (χ1) is 12.3. The molecular weight excluding hydrogens is 316 g/mol. The first-order valence-corrected chi connectivity index (χ1v) is 9.76. The molecule has 0 aromatic heterocycles. The molecule has 0 radical (unpaired) electrons. The Bertz CT molecular complexity index is 796. The second-order valence-corrected chi connectivity index (χ2v) is 8.75. The van der Waals surface area contributed by atoms with Crippen molar-refractivity contribution in [3.05, 3.63) is 70.8 Å². The van der Waals surface area contributed by atoms with Crippen LogP contribution in [0, 0.1) is 0 Å². The maximum absolute atomic E-state index is 6.14. The van der Waals surface area contributed by atoms with Crippen LogP contribution >= 0.6 is 0 Å². The van der Waals surface area contributed by atoms with Gasteiger partial charge in [-0.3, -0.25) is 0 Å². The minimum absolute atomic E-state index is 0.0381. The van der Waals surface area contributed by atoms with Crippen LogP contribution in [0.3, 0.4) is 0 Å². The molecule has 1 heteroatoms. The third-order valence-corrected chi connectivity index (χ3v) is 5.95. The van der Waals surface area contributed by atoms with E-state index < -0.39 is 0 Å². The third-order valence-electron chi connectivity index (χ3n) is 5.95. The maximum atomic E-state index is 6.14. The highest BCUT2D eigenvalue weighted by Crippen LogP contribution is 2.47. The number of ether oxygens (including phenoxy) is 1. The van der Waals surface area contributed by atoms with Crippen LogP contribution < -0.4 is 0 Å². The van der Waals surface area contributed by atoms with Gasteiger partial charge < -0.3 is 4.74 Å². The van der Waals surface area contributed by atoms with Crippen LogP contribution in [0.5, 0.6) is 0 Å². The summed E-state index contributed by atoms with van der Waals surface area (Å²) in [5, 5.41) is 0. The average Bonchev–Trinajstić information content (AvgIpc) is 2.60. The van der Waals surface area contributed by atoms with Gasteiger partial charge in [-0.2, -0.15) is 0 Å². The Morgan fingerprint density at radius 3 is 2.38 bits per heavy atom. The fourth-order valence-electron chi connectivity index (χ4n) is 4.26. The number of allylic oxidation sites excluding steroid dienone is 1. The van der Waals surface area contributed by atoms with Crippen molar-refractivity contribution in [3.8, 4) is 0 Å². The molecule has 0 heterocycles. The molecule has 1 aliphatic carbocycles. The van der Waals surface area contributed by atoms with Gasteiger partial charge in [0, 0.05) is 12.0 Å². The molecule has 0 N–H and O–H groups in total. The standard InChI is InChI=1S/C25H32O/c1-7-26-23-17-24(3,4)22-16-20(13-14-21(22)25(23,5)6)18(2)15-19-11-9-8-10-12-19/h8-16,23H,7,17H2,1-6H3. The molecule has 0 spiro atoms. The van der Waals surface area contributed by atoms with E-state index in [4.69, 9.17) is 4.74 Å². The molecule has 0 saturated carbocycles. The smallest absolute Gasteiger partial charge is 0.0674 e. The van der Waals surface area contributed by atoms with Crippen LogP contribution in [0.1, 0.15) is 70.2 Å². The number of benzene rings is 2. The first kappa shape index (κ1) is 18.9. The Hall–Kier alpha value is -1.86. The highest BCUT2D eigenvalue weighted by atomic mass is 16.5. The molecule has 0 aliphatic heterocycles. The predicted octanol–water partition coefficient (Wildman–Crippen LogP) is 6.61. The summed E-state index contributed by atoms with van der Waals surface area (Å²) in [6, 6.07) is 17.6. The molecule has 0 amide bonds. The molecule has 2 aromatic rings. The molecule has 0 fully saturated rings. The summed E-state index contributed by atoms with van der Waals surface area (Å²) >= 11 is 0. The first-order valence-electron chi connectivity index (χ1n) is 9.76. The number of hydrogen-bond donors (Lipinski definition) is 0. The lowest BCUT2D eigenvalue weighted by Crippen LogP contribution is -2.46. The van der Waals surface area contributed by atoms with E-state index in [2.05, 4.69) is 96.1 Å². The minimum Gasteiger partial charge on any atom is -0.378 e. The van der Waals surface area contributed by atoms with Crippen molar-refractivity contribution in [2.24, 2.45) is 0 Å². The van der Waals surface area contributed by atoms with Gasteiger partial charge in [-0.25, -0.2) is 0 Å². The van der Waals surface area contributed by atoms with Crippen molar-refractivity contribution in [2.75, 3.05) is 6.61 Å². The maximum Gasteiger partial charge on any atom is 0.0674 e. The van der Waals surface area contributed by atoms with E-state index in [1.165, 1.54) is 27.8 Å². The van der Waals surface area contributed by atoms with E-state index in [0.29, 0.717) is 0 Å². The highest BCUT2D eigenvalue weighted by Gasteiger charge is 2.44. The fraction of sp³-hybridized carbons (Fsp3) is 0.440. The molecule has 1 nitrogen and oxygen atoms in total. The molecule has 0 bridgehead atoms. The number of fused-ring (bicyclic) bond motifs is 1. The van der Waals surface area contributed by atoms with Crippen molar-refractivity contribution in [2.45, 2.75) is 64.9 Å². The van der Waals surface area contributed by atoms with Gasteiger partial charge in [-0.05, 0) is 53.5 Å². The lowest BCUT2D eigenvalue weighted by Gasteiger charge is -2.47. The Labute approximate surface area is 159 Å². The lowest BCUT2D eigenvalue weighted by molar-refractivity contribution is -0.0125. The normalized spacial score (nSPS) is 21.3. The molecule has 1 unspecified atom stereocenters. The van der Waals surface area contributed by atoms with Gasteiger partial charge in [0.2, 0.25) is 0 Å². The predicted molar refractivity (Wildman–Crippen MR) is 113 cm³/mol. The summed E-state index contributed by atoms with van der Waals surface area (Å²) < 4.78 is 6.14. The molecule has 138 valence electrons. The summed E-state index contributed by atoms with van der Waals surface area (Å²) in [6.07, 6.45) is 3.60. The highest BCUT2D eigenvalue weighted by molar-refractivity contribution is 5.80. The number of hydrogen-bond acceptors (Lipinski definition) is 1. The molecule has 0 saturated heterocycles. The van der Waals surface area contributed by atoms with Crippen LogP contribution in [-0.4, -0.2) is 12.7 Å². The monoisotopic (exact) mass is 348 g/mol. The van der Waals surface area contributed by atoms with Gasteiger partial charge in [0.25, 0.3) is 0 Å². The Morgan fingerprint density at radius 1 is 1.04 bits per heavy atom. The van der Waals surface area contributed by atoms with Gasteiger partial charge in [-0.1, -0.05) is 82.3 Å². The number of rotatable bonds is 4. The van der Waals surface area contributed by atoms with E-state index in [0.717, 1.165) is 13.0 Å². The fourth-order valence-corrected chi connectivity index (χ4v) is 4.26. The minimum atomic E-state index is 0.0381. The zero-order valence-electron chi connectivity index (χ0n) is 17.1. The summed E-state index contributed by atoms with van der Waals surface area (Å²) in [5.41, 5.74) is 6.93. The quantitative estimate of drug-likeness (QED) is 0.565. The summed E-state index contributed by atoms with van der Waals surface area (Å²) in [4.78, 5) is 0. The van der Waals surface area contributed by atoms with Crippen LogP contribution in [0.25, 0.3) is 11.6 Å². The van der Waals surface area contributed by atoms with Crippen LogP contribution in [-0.2, 0) is 15.6 Å². The zero-order chi connectivity index (χ0) is 18.9. The second kappa shape index (κ2) is 7.04. The average molecular weight is 349 g/mol. The molecule has 2 aromatic carbocycles. The van der Waals surface area contributed by atoms with Crippen molar-refractivity contribution in [3.63, 3.8) is 0 Å². The Kier molecular flexibility index (Phi) is 5.12. The van der Waals surface area contributed by atoms with Crippen LogP contribution in [0.15, 0.2) is 48.5 Å². The van der Waals surface area contributed by atoms with Gasteiger partial charge in [0.15, 0.2) is 0 Å². The van der Waals surface area contributed by atoms with Crippen molar-refractivity contribution in [1.82, 2.24) is 0 Å². The summed E-state index contributed by atoms with van der Waals surface area (Å²) in [6.45, 7) is 14.4. The Balaban J connectivity index is 2.04.